The summed E-state index contributed by atoms with van der Waals surface area (Å²) in [6.07, 6.45) is 2.07. The minimum atomic E-state index is 0.396. The van der Waals surface area contributed by atoms with Gasteiger partial charge in [-0.1, -0.05) is 19.0 Å². The number of aromatic nitrogens is 2. The highest BCUT2D eigenvalue weighted by atomic mass is 16.5. The fraction of sp³-hybridized carbons (Fsp3) is 0.500. The van der Waals surface area contributed by atoms with Crippen molar-refractivity contribution in [3.8, 4) is 0 Å². The zero-order valence-corrected chi connectivity index (χ0v) is 9.95. The minimum Gasteiger partial charge on any atom is -0.398 e. The van der Waals surface area contributed by atoms with E-state index < -0.39 is 0 Å². The van der Waals surface area contributed by atoms with E-state index in [1.165, 1.54) is 0 Å². The average Bonchev–Trinajstić information content (AvgIpc) is 2.64. The van der Waals surface area contributed by atoms with Crippen LogP contribution in [0.2, 0.25) is 0 Å². The molecular weight excluding hydrogens is 202 g/mol. The second kappa shape index (κ2) is 4.12. The van der Waals surface area contributed by atoms with Gasteiger partial charge in [0.25, 0.3) is 5.71 Å². The maximum absolute atomic E-state index is 6.01. The highest BCUT2D eigenvalue weighted by Gasteiger charge is 2.19. The van der Waals surface area contributed by atoms with E-state index >= 15 is 0 Å². The second-order valence-electron chi connectivity index (χ2n) is 4.11. The minimum absolute atomic E-state index is 0.396. The Morgan fingerprint density at radius 1 is 1.38 bits per heavy atom. The molecule has 0 spiro atoms. The molecule has 2 heterocycles. The van der Waals surface area contributed by atoms with Crippen molar-refractivity contribution in [1.29, 1.82) is 0 Å². The maximum atomic E-state index is 6.01. The lowest BCUT2D eigenvalue weighted by Crippen LogP contribution is -1.98. The van der Waals surface area contributed by atoms with Gasteiger partial charge in [0.05, 0.1) is 11.1 Å². The van der Waals surface area contributed by atoms with Crippen molar-refractivity contribution < 1.29 is 4.52 Å². The fourth-order valence-electron chi connectivity index (χ4n) is 2.08. The van der Waals surface area contributed by atoms with Crippen molar-refractivity contribution in [2.75, 3.05) is 5.73 Å². The molecule has 0 atom stereocenters. The molecule has 86 valence electrons. The fourth-order valence-corrected chi connectivity index (χ4v) is 2.08. The van der Waals surface area contributed by atoms with Crippen molar-refractivity contribution in [2.45, 2.75) is 39.5 Å². The first-order valence-electron chi connectivity index (χ1n) is 5.69. The highest BCUT2D eigenvalue weighted by Crippen LogP contribution is 2.32. The zero-order chi connectivity index (χ0) is 11.7. The normalized spacial score (nSPS) is 11.5. The third-order valence-corrected chi connectivity index (χ3v) is 3.00. The molecule has 0 aliphatic heterocycles. The predicted molar refractivity (Wildman–Crippen MR) is 64.3 cm³/mol. The van der Waals surface area contributed by atoms with Crippen LogP contribution in [-0.2, 0) is 0 Å². The van der Waals surface area contributed by atoms with Gasteiger partial charge in [-0.05, 0) is 25.8 Å². The molecular formula is C12H17N3O. The van der Waals surface area contributed by atoms with E-state index in [9.17, 15) is 0 Å². The summed E-state index contributed by atoms with van der Waals surface area (Å²) in [6.45, 7) is 6.19. The van der Waals surface area contributed by atoms with E-state index in [-0.39, 0.29) is 0 Å². The molecule has 4 nitrogen and oxygen atoms in total. The Hall–Kier alpha value is -1.58. The number of nitrogen functional groups attached to an aromatic ring is 1. The lowest BCUT2D eigenvalue weighted by Gasteiger charge is -2.08. The number of pyridine rings is 1. The van der Waals surface area contributed by atoms with Gasteiger partial charge < -0.3 is 10.3 Å². The summed E-state index contributed by atoms with van der Waals surface area (Å²) in [5.41, 5.74) is 9.09. The first-order chi connectivity index (χ1) is 7.67. The van der Waals surface area contributed by atoms with Crippen LogP contribution in [0.25, 0.3) is 11.1 Å². The van der Waals surface area contributed by atoms with Crippen LogP contribution < -0.4 is 5.73 Å². The average molecular weight is 219 g/mol. The summed E-state index contributed by atoms with van der Waals surface area (Å²) in [4.78, 5) is 4.30. The summed E-state index contributed by atoms with van der Waals surface area (Å²) in [5, 5.41) is 5.01. The highest BCUT2D eigenvalue weighted by molar-refractivity contribution is 5.89. The van der Waals surface area contributed by atoms with E-state index in [0.29, 0.717) is 17.3 Å². The van der Waals surface area contributed by atoms with Crippen molar-refractivity contribution >= 4 is 16.8 Å². The van der Waals surface area contributed by atoms with E-state index in [0.717, 1.165) is 29.6 Å². The van der Waals surface area contributed by atoms with Crippen molar-refractivity contribution in [3.63, 3.8) is 0 Å². The number of hydrogen-bond acceptors (Lipinski definition) is 4. The Morgan fingerprint density at radius 3 is 2.69 bits per heavy atom. The van der Waals surface area contributed by atoms with Crippen LogP contribution in [-0.4, -0.2) is 10.1 Å². The Morgan fingerprint density at radius 2 is 2.06 bits per heavy atom. The molecule has 0 amide bonds. The lowest BCUT2D eigenvalue weighted by atomic mass is 9.97. The smallest absolute Gasteiger partial charge is 0.260 e. The molecule has 2 aromatic rings. The Labute approximate surface area is 94.8 Å². The monoisotopic (exact) mass is 219 g/mol. The van der Waals surface area contributed by atoms with Crippen LogP contribution in [0.15, 0.2) is 10.6 Å². The molecule has 0 radical (unpaired) electrons. The van der Waals surface area contributed by atoms with Crippen LogP contribution in [0.3, 0.4) is 0 Å². The number of fused-ring (bicyclic) bond motifs is 1. The molecule has 2 aromatic heterocycles. The molecule has 2 N–H and O–H groups in total. The number of hydrogen-bond donors (Lipinski definition) is 1. The molecule has 0 aliphatic carbocycles. The van der Waals surface area contributed by atoms with Gasteiger partial charge in [-0.25, -0.2) is 4.98 Å². The number of anilines is 1. The number of nitrogens with zero attached hydrogens (tertiary/aromatic N) is 2. The topological polar surface area (TPSA) is 64.9 Å². The largest absolute Gasteiger partial charge is 0.398 e. The number of nitrogens with two attached hydrogens (primary N) is 1. The van der Waals surface area contributed by atoms with Gasteiger partial charge in [0, 0.05) is 17.3 Å². The Balaban J connectivity index is 2.64. The molecule has 0 fully saturated rings. The zero-order valence-electron chi connectivity index (χ0n) is 9.95. The van der Waals surface area contributed by atoms with Crippen molar-refractivity contribution in [1.82, 2.24) is 10.1 Å². The van der Waals surface area contributed by atoms with E-state index in [1.54, 1.807) is 0 Å². The van der Waals surface area contributed by atoms with E-state index in [1.807, 2.05) is 13.0 Å². The maximum Gasteiger partial charge on any atom is 0.260 e. The summed E-state index contributed by atoms with van der Waals surface area (Å²) >= 11 is 0. The summed E-state index contributed by atoms with van der Waals surface area (Å²) in [5.74, 6) is 0.396. The second-order valence-corrected chi connectivity index (χ2v) is 4.11. The third kappa shape index (κ3) is 1.64. The molecule has 16 heavy (non-hydrogen) atoms. The van der Waals surface area contributed by atoms with Crippen LogP contribution in [0.1, 0.15) is 44.0 Å². The molecule has 2 rings (SSSR count). The van der Waals surface area contributed by atoms with E-state index in [2.05, 4.69) is 24.0 Å². The number of aryl methyl sites for hydroxylation is 1. The van der Waals surface area contributed by atoms with Crippen LogP contribution >= 0.6 is 0 Å². The first-order valence-corrected chi connectivity index (χ1v) is 5.69. The van der Waals surface area contributed by atoms with Gasteiger partial charge >= 0.3 is 0 Å². The van der Waals surface area contributed by atoms with E-state index in [4.69, 9.17) is 10.3 Å². The van der Waals surface area contributed by atoms with Gasteiger partial charge in [-0.15, -0.1) is 0 Å². The number of rotatable bonds is 3. The molecule has 0 saturated heterocycles. The van der Waals surface area contributed by atoms with Gasteiger partial charge in [0.2, 0.25) is 0 Å². The summed E-state index contributed by atoms with van der Waals surface area (Å²) in [7, 11) is 0. The Kier molecular flexibility index (Phi) is 2.81. The van der Waals surface area contributed by atoms with Crippen molar-refractivity contribution in [3.05, 3.63) is 17.5 Å². The van der Waals surface area contributed by atoms with Crippen LogP contribution in [0.5, 0.6) is 0 Å². The molecule has 0 bridgehead atoms. The molecule has 4 heteroatoms. The van der Waals surface area contributed by atoms with Crippen LogP contribution in [0.4, 0.5) is 5.69 Å². The SMILES string of the molecule is CCC(CC)c1noc2nc(C)cc(N)c12. The van der Waals surface area contributed by atoms with Gasteiger partial charge in [-0.2, -0.15) is 0 Å². The molecule has 0 unspecified atom stereocenters. The van der Waals surface area contributed by atoms with Gasteiger partial charge in [0.1, 0.15) is 0 Å². The Bertz CT molecular complexity index is 500. The van der Waals surface area contributed by atoms with Crippen molar-refractivity contribution in [2.24, 2.45) is 0 Å². The lowest BCUT2D eigenvalue weighted by molar-refractivity contribution is 0.426. The standard InChI is InChI=1S/C12H17N3O/c1-4-8(5-2)11-10-9(13)6-7(3)14-12(10)16-15-11/h6,8H,4-5H2,1-3H3,(H2,13,14). The first kappa shape index (κ1) is 10.9. The summed E-state index contributed by atoms with van der Waals surface area (Å²) in [6, 6.07) is 1.87. The van der Waals surface area contributed by atoms with Gasteiger partial charge in [0.15, 0.2) is 0 Å². The quantitative estimate of drug-likeness (QED) is 0.861. The molecule has 0 aromatic carbocycles. The summed E-state index contributed by atoms with van der Waals surface area (Å²) < 4.78 is 5.25. The van der Waals surface area contributed by atoms with Gasteiger partial charge in [-0.3, -0.25) is 0 Å². The molecule has 0 aliphatic rings. The predicted octanol–water partition coefficient (Wildman–Crippen LogP) is 3.02. The molecule has 0 saturated carbocycles. The third-order valence-electron chi connectivity index (χ3n) is 3.00. The van der Waals surface area contributed by atoms with Crippen LogP contribution in [0, 0.1) is 6.92 Å².